The minimum Gasteiger partial charge on any atom is -0.494 e. The molecule has 0 aromatic heterocycles. The Morgan fingerprint density at radius 1 is 1.56 bits per heavy atom. The van der Waals surface area contributed by atoms with Gasteiger partial charge < -0.3 is 9.47 Å². The van der Waals surface area contributed by atoms with Crippen molar-refractivity contribution in [2.75, 3.05) is 19.8 Å². The molecule has 0 aliphatic carbocycles. The van der Waals surface area contributed by atoms with Gasteiger partial charge in [-0.05, 0) is 31.0 Å². The number of alkyl halides is 1. The molecule has 88 valence electrons. The number of rotatable bonds is 2. The fourth-order valence-electron chi connectivity index (χ4n) is 1.95. The lowest BCUT2D eigenvalue weighted by Crippen LogP contribution is -2.03. The van der Waals surface area contributed by atoms with Crippen LogP contribution in [0.2, 0.25) is 0 Å². The quantitative estimate of drug-likeness (QED) is 0.776. The van der Waals surface area contributed by atoms with Gasteiger partial charge in [0.1, 0.15) is 5.75 Å². The molecule has 0 amide bonds. The molecule has 4 heteroatoms. The highest BCUT2D eigenvalue weighted by atomic mass is 79.9. The molecule has 2 rings (SSSR count). The Hall–Kier alpha value is -0.250. The Morgan fingerprint density at radius 3 is 3.12 bits per heavy atom. The van der Waals surface area contributed by atoms with Crippen molar-refractivity contribution in [3.05, 3.63) is 27.7 Å². The number of ether oxygens (including phenoxy) is 2. The summed E-state index contributed by atoms with van der Waals surface area (Å²) in [6.45, 7) is 3.91. The van der Waals surface area contributed by atoms with E-state index in [0.29, 0.717) is 19.8 Å². The normalized spacial score (nSPS) is 20.1. The van der Waals surface area contributed by atoms with Crippen molar-refractivity contribution in [2.24, 2.45) is 0 Å². The summed E-state index contributed by atoms with van der Waals surface area (Å²) in [4.78, 5) is 0. The van der Waals surface area contributed by atoms with Crippen molar-refractivity contribution >= 4 is 27.5 Å². The summed E-state index contributed by atoms with van der Waals surface area (Å²) in [5.74, 6) is 0.928. The van der Waals surface area contributed by atoms with Gasteiger partial charge in [-0.3, -0.25) is 0 Å². The predicted molar refractivity (Wildman–Crippen MR) is 68.4 cm³/mol. The molecule has 1 aromatic rings. The highest BCUT2D eigenvalue weighted by Crippen LogP contribution is 2.38. The number of hydrogen-bond acceptors (Lipinski definition) is 2. The molecule has 0 saturated heterocycles. The molecule has 0 saturated carbocycles. The molecule has 1 heterocycles. The average molecular weight is 306 g/mol. The molecule has 0 radical (unpaired) electrons. The van der Waals surface area contributed by atoms with E-state index in [1.54, 1.807) is 0 Å². The fraction of sp³-hybridized carbons (Fsp3) is 0.500. The summed E-state index contributed by atoms with van der Waals surface area (Å²) >= 11 is 9.87. The molecular formula is C12H14BrClO2. The third-order valence-electron chi connectivity index (χ3n) is 2.63. The maximum atomic E-state index is 6.32. The lowest BCUT2D eigenvalue weighted by atomic mass is 10.0. The van der Waals surface area contributed by atoms with Crippen molar-refractivity contribution in [2.45, 2.75) is 18.7 Å². The van der Waals surface area contributed by atoms with Gasteiger partial charge in [0.05, 0.1) is 25.2 Å². The van der Waals surface area contributed by atoms with Crippen LogP contribution in [0, 0.1) is 0 Å². The number of halogens is 2. The van der Waals surface area contributed by atoms with Crippen molar-refractivity contribution < 1.29 is 9.47 Å². The second kappa shape index (κ2) is 5.39. The summed E-state index contributed by atoms with van der Waals surface area (Å²) < 4.78 is 12.1. The molecule has 1 aliphatic rings. The first-order valence-electron chi connectivity index (χ1n) is 5.40. The third-order valence-corrected chi connectivity index (χ3v) is 3.67. The van der Waals surface area contributed by atoms with E-state index >= 15 is 0 Å². The largest absolute Gasteiger partial charge is 0.494 e. The Balaban J connectivity index is 2.48. The lowest BCUT2D eigenvalue weighted by Gasteiger charge is -2.16. The maximum absolute atomic E-state index is 6.32. The van der Waals surface area contributed by atoms with E-state index in [1.807, 2.05) is 19.1 Å². The predicted octanol–water partition coefficient (Wildman–Crippen LogP) is 3.70. The molecule has 16 heavy (non-hydrogen) atoms. The van der Waals surface area contributed by atoms with Gasteiger partial charge in [-0.1, -0.05) is 15.9 Å². The van der Waals surface area contributed by atoms with Gasteiger partial charge in [-0.15, -0.1) is 11.6 Å². The highest BCUT2D eigenvalue weighted by Gasteiger charge is 2.22. The van der Waals surface area contributed by atoms with Crippen molar-refractivity contribution in [1.29, 1.82) is 0 Å². The Kier molecular flexibility index (Phi) is 4.11. The Morgan fingerprint density at radius 2 is 2.38 bits per heavy atom. The average Bonchev–Trinajstić information content (AvgIpc) is 2.46. The number of hydrogen-bond donors (Lipinski definition) is 0. The second-order valence-corrected chi connectivity index (χ2v) is 5.04. The molecule has 1 aliphatic heterocycles. The SMILES string of the molecule is CCOc1ccc(Br)c2c1CCOCC2Cl. The lowest BCUT2D eigenvalue weighted by molar-refractivity contribution is 0.143. The van der Waals surface area contributed by atoms with Crippen LogP contribution in [-0.2, 0) is 11.2 Å². The van der Waals surface area contributed by atoms with E-state index in [-0.39, 0.29) is 5.38 Å². The van der Waals surface area contributed by atoms with E-state index in [1.165, 1.54) is 5.56 Å². The van der Waals surface area contributed by atoms with Crippen LogP contribution >= 0.6 is 27.5 Å². The van der Waals surface area contributed by atoms with Gasteiger partial charge in [-0.25, -0.2) is 0 Å². The van der Waals surface area contributed by atoms with Gasteiger partial charge in [0.2, 0.25) is 0 Å². The first kappa shape index (κ1) is 12.2. The zero-order chi connectivity index (χ0) is 11.5. The van der Waals surface area contributed by atoms with E-state index < -0.39 is 0 Å². The summed E-state index contributed by atoms with van der Waals surface area (Å²) in [5.41, 5.74) is 2.29. The van der Waals surface area contributed by atoms with E-state index in [4.69, 9.17) is 21.1 Å². The standard InChI is InChI=1S/C12H14BrClO2/c1-2-16-11-4-3-9(13)12-8(11)5-6-15-7-10(12)14/h3-4,10H,2,5-7H2,1H3. The van der Waals surface area contributed by atoms with Gasteiger partial charge in [-0.2, -0.15) is 0 Å². The first-order chi connectivity index (χ1) is 7.74. The van der Waals surface area contributed by atoms with E-state index in [9.17, 15) is 0 Å². The minimum absolute atomic E-state index is 0.104. The minimum atomic E-state index is -0.104. The monoisotopic (exact) mass is 304 g/mol. The second-order valence-electron chi connectivity index (χ2n) is 3.66. The molecule has 1 unspecified atom stereocenters. The third kappa shape index (κ3) is 2.36. The molecule has 0 fully saturated rings. The van der Waals surface area contributed by atoms with Crippen molar-refractivity contribution in [3.63, 3.8) is 0 Å². The van der Waals surface area contributed by atoms with Crippen molar-refractivity contribution in [1.82, 2.24) is 0 Å². The van der Waals surface area contributed by atoms with Crippen LogP contribution in [0.25, 0.3) is 0 Å². The Labute approximate surface area is 109 Å². The van der Waals surface area contributed by atoms with Crippen LogP contribution in [0.1, 0.15) is 23.4 Å². The molecule has 0 N–H and O–H groups in total. The zero-order valence-electron chi connectivity index (χ0n) is 9.13. The fourth-order valence-corrected chi connectivity index (χ4v) is 3.07. The zero-order valence-corrected chi connectivity index (χ0v) is 11.5. The summed E-state index contributed by atoms with van der Waals surface area (Å²) in [5, 5.41) is -0.104. The molecule has 1 atom stereocenters. The first-order valence-corrected chi connectivity index (χ1v) is 6.63. The molecular weight excluding hydrogens is 291 g/mol. The molecule has 0 spiro atoms. The molecule has 2 nitrogen and oxygen atoms in total. The molecule has 1 aromatic carbocycles. The van der Waals surface area contributed by atoms with E-state index in [0.717, 1.165) is 22.2 Å². The van der Waals surface area contributed by atoms with E-state index in [2.05, 4.69) is 15.9 Å². The van der Waals surface area contributed by atoms with Crippen LogP contribution in [0.3, 0.4) is 0 Å². The van der Waals surface area contributed by atoms with Crippen LogP contribution in [-0.4, -0.2) is 19.8 Å². The summed E-state index contributed by atoms with van der Waals surface area (Å²) in [6.07, 6.45) is 0.854. The summed E-state index contributed by atoms with van der Waals surface area (Å²) in [6, 6.07) is 3.98. The molecule has 0 bridgehead atoms. The van der Waals surface area contributed by atoms with Crippen LogP contribution in [0.4, 0.5) is 0 Å². The van der Waals surface area contributed by atoms with Gasteiger partial charge in [0.15, 0.2) is 0 Å². The van der Waals surface area contributed by atoms with Crippen molar-refractivity contribution in [3.8, 4) is 5.75 Å². The topological polar surface area (TPSA) is 18.5 Å². The Bertz CT molecular complexity index is 382. The van der Waals surface area contributed by atoms with Gasteiger partial charge in [0.25, 0.3) is 0 Å². The van der Waals surface area contributed by atoms with Gasteiger partial charge in [0, 0.05) is 10.0 Å². The highest BCUT2D eigenvalue weighted by molar-refractivity contribution is 9.10. The maximum Gasteiger partial charge on any atom is 0.122 e. The van der Waals surface area contributed by atoms with Crippen LogP contribution < -0.4 is 4.74 Å². The summed E-state index contributed by atoms with van der Waals surface area (Å²) in [7, 11) is 0. The van der Waals surface area contributed by atoms with Crippen LogP contribution in [0.15, 0.2) is 16.6 Å². The van der Waals surface area contributed by atoms with Gasteiger partial charge >= 0.3 is 0 Å². The smallest absolute Gasteiger partial charge is 0.122 e. The number of fused-ring (bicyclic) bond motifs is 1. The number of benzene rings is 1. The van der Waals surface area contributed by atoms with Crippen LogP contribution in [0.5, 0.6) is 5.75 Å².